The van der Waals surface area contributed by atoms with Crippen LogP contribution in [0.25, 0.3) is 10.9 Å². The summed E-state index contributed by atoms with van der Waals surface area (Å²) in [7, 11) is 0. The summed E-state index contributed by atoms with van der Waals surface area (Å²) >= 11 is 5.91. The fraction of sp³-hybridized carbons (Fsp3) is 0.0909. The molecule has 0 saturated heterocycles. The number of aromatic amines is 1. The lowest BCUT2D eigenvalue weighted by molar-refractivity contribution is 0.0691. The molecule has 4 nitrogen and oxygen atoms in total. The van der Waals surface area contributed by atoms with Gasteiger partial charge in [0.1, 0.15) is 5.69 Å². The van der Waals surface area contributed by atoms with Crippen LogP contribution in [0, 0.1) is 0 Å². The quantitative estimate of drug-likeness (QED) is 0.789. The third kappa shape index (κ3) is 1.57. The Bertz CT molecular complexity index is 601. The summed E-state index contributed by atoms with van der Waals surface area (Å²) in [4.78, 5) is 24.7. The summed E-state index contributed by atoms with van der Waals surface area (Å²) in [5.41, 5.74) is 1.05. The van der Waals surface area contributed by atoms with Crippen LogP contribution >= 0.6 is 11.6 Å². The van der Waals surface area contributed by atoms with Crippen LogP contribution in [0.2, 0.25) is 5.02 Å². The maximum atomic E-state index is 11.2. The van der Waals surface area contributed by atoms with Gasteiger partial charge in [-0.05, 0) is 25.1 Å². The van der Waals surface area contributed by atoms with Crippen LogP contribution in [0.5, 0.6) is 0 Å². The topological polar surface area (TPSA) is 70.2 Å². The van der Waals surface area contributed by atoms with E-state index < -0.39 is 5.97 Å². The lowest BCUT2D eigenvalue weighted by Gasteiger charge is -1.95. The van der Waals surface area contributed by atoms with Gasteiger partial charge in [-0.1, -0.05) is 11.6 Å². The van der Waals surface area contributed by atoms with Gasteiger partial charge in [-0.15, -0.1) is 0 Å². The predicted molar refractivity (Wildman–Crippen MR) is 60.3 cm³/mol. The number of benzene rings is 1. The third-order valence-corrected chi connectivity index (χ3v) is 2.75. The highest BCUT2D eigenvalue weighted by Gasteiger charge is 2.15. The maximum Gasteiger partial charge on any atom is 0.353 e. The minimum Gasteiger partial charge on any atom is -0.477 e. The van der Waals surface area contributed by atoms with Crippen molar-refractivity contribution in [2.45, 2.75) is 6.92 Å². The average molecular weight is 238 g/mol. The molecule has 2 rings (SSSR count). The van der Waals surface area contributed by atoms with Crippen LogP contribution in [-0.2, 0) is 0 Å². The molecule has 0 aliphatic rings. The Morgan fingerprint density at radius 2 is 2.06 bits per heavy atom. The Morgan fingerprint density at radius 1 is 1.38 bits per heavy atom. The van der Waals surface area contributed by atoms with Gasteiger partial charge in [-0.3, -0.25) is 4.79 Å². The number of aromatic carboxylic acids is 1. The summed E-state index contributed by atoms with van der Waals surface area (Å²) in [6.45, 7) is 1.44. The first-order valence-electron chi connectivity index (χ1n) is 4.56. The van der Waals surface area contributed by atoms with E-state index in [2.05, 4.69) is 4.98 Å². The zero-order valence-corrected chi connectivity index (χ0v) is 9.13. The highest BCUT2D eigenvalue weighted by molar-refractivity contribution is 6.38. The predicted octanol–water partition coefficient (Wildman–Crippen LogP) is 2.72. The number of carboxylic acids is 1. The third-order valence-electron chi connectivity index (χ3n) is 2.36. The zero-order valence-electron chi connectivity index (χ0n) is 8.37. The molecule has 0 radical (unpaired) electrons. The van der Waals surface area contributed by atoms with Gasteiger partial charge in [0.15, 0.2) is 5.78 Å². The van der Waals surface area contributed by atoms with E-state index in [0.29, 0.717) is 16.5 Å². The number of ketones is 1. The largest absolute Gasteiger partial charge is 0.477 e. The Labute approximate surface area is 95.8 Å². The second-order valence-corrected chi connectivity index (χ2v) is 3.81. The van der Waals surface area contributed by atoms with E-state index in [1.807, 2.05) is 0 Å². The van der Waals surface area contributed by atoms with E-state index in [1.165, 1.54) is 6.92 Å². The number of nitrogens with one attached hydrogen (secondary N) is 1. The molecular weight excluding hydrogens is 230 g/mol. The first-order valence-corrected chi connectivity index (χ1v) is 4.94. The summed E-state index contributed by atoms with van der Waals surface area (Å²) in [5.74, 6) is -1.21. The molecule has 0 unspecified atom stereocenters. The number of carbonyl (C=O) groups is 2. The number of Topliss-reactive ketones (excluding diaryl/α,β-unsaturated/α-hetero) is 1. The highest BCUT2D eigenvalue weighted by atomic mass is 35.5. The second-order valence-electron chi connectivity index (χ2n) is 3.44. The Morgan fingerprint density at radius 3 is 2.62 bits per heavy atom. The van der Waals surface area contributed by atoms with E-state index in [4.69, 9.17) is 16.7 Å². The molecule has 2 aromatic rings. The van der Waals surface area contributed by atoms with Crippen molar-refractivity contribution in [2.75, 3.05) is 0 Å². The van der Waals surface area contributed by atoms with Crippen LogP contribution in [-0.4, -0.2) is 21.8 Å². The first-order chi connectivity index (χ1) is 7.50. The molecule has 0 spiro atoms. The fourth-order valence-electron chi connectivity index (χ4n) is 1.53. The summed E-state index contributed by atoms with van der Waals surface area (Å²) in [6, 6.07) is 4.86. The van der Waals surface area contributed by atoms with Gasteiger partial charge < -0.3 is 10.1 Å². The maximum absolute atomic E-state index is 11.2. The number of rotatable bonds is 2. The van der Waals surface area contributed by atoms with Gasteiger partial charge in [0.05, 0.1) is 5.02 Å². The van der Waals surface area contributed by atoms with E-state index >= 15 is 0 Å². The van der Waals surface area contributed by atoms with Crippen molar-refractivity contribution in [1.82, 2.24) is 4.98 Å². The van der Waals surface area contributed by atoms with Crippen molar-refractivity contribution in [2.24, 2.45) is 0 Å². The molecule has 16 heavy (non-hydrogen) atoms. The molecule has 0 saturated carbocycles. The Balaban J connectivity index is 2.73. The van der Waals surface area contributed by atoms with Gasteiger partial charge in [0.2, 0.25) is 0 Å². The molecular formula is C11H8ClNO3. The molecule has 5 heteroatoms. The van der Waals surface area contributed by atoms with Crippen molar-refractivity contribution < 1.29 is 14.7 Å². The van der Waals surface area contributed by atoms with Crippen LogP contribution in [0.4, 0.5) is 0 Å². The monoisotopic (exact) mass is 237 g/mol. The number of carbonyl (C=O) groups excluding carboxylic acids is 1. The van der Waals surface area contributed by atoms with Crippen molar-refractivity contribution >= 4 is 34.3 Å². The number of halogens is 1. The molecule has 82 valence electrons. The normalized spacial score (nSPS) is 10.6. The molecule has 1 aromatic heterocycles. The van der Waals surface area contributed by atoms with Crippen molar-refractivity contribution in [3.8, 4) is 0 Å². The molecule has 2 N–H and O–H groups in total. The summed E-state index contributed by atoms with van der Waals surface area (Å²) in [6.07, 6.45) is 0. The molecule has 0 amide bonds. The number of carboxylic acid groups (broad SMARTS) is 1. The molecule has 0 aliphatic heterocycles. The Kier molecular flexibility index (Phi) is 2.44. The van der Waals surface area contributed by atoms with Crippen molar-refractivity contribution in [3.05, 3.63) is 34.5 Å². The van der Waals surface area contributed by atoms with Crippen LogP contribution < -0.4 is 0 Å². The van der Waals surface area contributed by atoms with Gasteiger partial charge in [0, 0.05) is 16.5 Å². The first kappa shape index (κ1) is 10.7. The summed E-state index contributed by atoms with van der Waals surface area (Å²) in [5, 5.41) is 9.54. The summed E-state index contributed by atoms with van der Waals surface area (Å²) < 4.78 is 0. The van der Waals surface area contributed by atoms with E-state index in [1.54, 1.807) is 18.2 Å². The van der Waals surface area contributed by atoms with Crippen LogP contribution in [0.3, 0.4) is 0 Å². The van der Waals surface area contributed by atoms with Crippen molar-refractivity contribution in [1.29, 1.82) is 0 Å². The molecule has 0 fully saturated rings. The van der Waals surface area contributed by atoms with Gasteiger partial charge in [-0.2, -0.15) is 0 Å². The van der Waals surface area contributed by atoms with Crippen LogP contribution in [0.1, 0.15) is 27.8 Å². The van der Waals surface area contributed by atoms with E-state index in [-0.39, 0.29) is 16.5 Å². The zero-order chi connectivity index (χ0) is 11.9. The number of fused-ring (bicyclic) bond motifs is 1. The van der Waals surface area contributed by atoms with Crippen molar-refractivity contribution in [3.63, 3.8) is 0 Å². The molecule has 1 aromatic carbocycles. The molecule has 0 aliphatic carbocycles. The van der Waals surface area contributed by atoms with Gasteiger partial charge in [0.25, 0.3) is 0 Å². The second kappa shape index (κ2) is 3.64. The minimum atomic E-state index is -1.12. The average Bonchev–Trinajstić information content (AvgIpc) is 2.56. The van der Waals surface area contributed by atoms with Crippen LogP contribution in [0.15, 0.2) is 18.2 Å². The van der Waals surface area contributed by atoms with Gasteiger partial charge >= 0.3 is 5.97 Å². The number of hydrogen-bond acceptors (Lipinski definition) is 2. The SMILES string of the molecule is CC(=O)c1ccc2[nH]c(C(=O)O)c(Cl)c2c1. The lowest BCUT2D eigenvalue weighted by Crippen LogP contribution is -1.96. The Hall–Kier alpha value is -1.81. The number of hydrogen-bond donors (Lipinski definition) is 2. The number of H-pyrrole nitrogens is 1. The van der Waals surface area contributed by atoms with E-state index in [9.17, 15) is 9.59 Å². The fourth-order valence-corrected chi connectivity index (χ4v) is 1.81. The number of aromatic nitrogens is 1. The lowest BCUT2D eigenvalue weighted by atomic mass is 10.1. The van der Waals surface area contributed by atoms with E-state index in [0.717, 1.165) is 0 Å². The minimum absolute atomic E-state index is 0.0580. The molecule has 1 heterocycles. The highest BCUT2D eigenvalue weighted by Crippen LogP contribution is 2.28. The van der Waals surface area contributed by atoms with Gasteiger partial charge in [-0.25, -0.2) is 4.79 Å². The standard InChI is InChI=1S/C11H8ClNO3/c1-5(14)6-2-3-8-7(4-6)9(12)10(13-8)11(15)16/h2-4,13H,1H3,(H,15,16). The molecule has 0 bridgehead atoms. The molecule has 0 atom stereocenters. The smallest absolute Gasteiger partial charge is 0.353 e.